The molecule has 0 aliphatic rings. The number of aromatic amines is 1. The minimum Gasteiger partial charge on any atom is -0.493 e. The summed E-state index contributed by atoms with van der Waals surface area (Å²) in [6, 6.07) is 10.7. The second kappa shape index (κ2) is 7.77. The number of hydrogen-bond donors (Lipinski definition) is 2. The fourth-order valence-electron chi connectivity index (χ4n) is 2.46. The lowest BCUT2D eigenvalue weighted by Crippen LogP contribution is -2.19. The van der Waals surface area contributed by atoms with Crippen molar-refractivity contribution in [1.82, 2.24) is 15.6 Å². The van der Waals surface area contributed by atoms with Crippen molar-refractivity contribution < 1.29 is 18.7 Å². The van der Waals surface area contributed by atoms with Crippen molar-refractivity contribution in [3.05, 3.63) is 53.4 Å². The molecule has 2 heterocycles. The predicted octanol–water partition coefficient (Wildman–Crippen LogP) is 3.15. The monoisotopic (exact) mass is 368 g/mol. The van der Waals surface area contributed by atoms with E-state index in [1.54, 1.807) is 39.3 Å². The Morgan fingerprint density at radius 3 is 2.59 bits per heavy atom. The zero-order valence-electron chi connectivity index (χ0n) is 15.5. The van der Waals surface area contributed by atoms with Crippen LogP contribution >= 0.6 is 0 Å². The molecule has 27 heavy (non-hydrogen) atoms. The number of carbonyl (C=O) groups excluding carboxylic acids is 1. The molecule has 0 spiro atoms. The molecule has 0 atom stereocenters. The van der Waals surface area contributed by atoms with E-state index in [1.807, 2.05) is 25.1 Å². The third kappa shape index (κ3) is 4.00. The topological polar surface area (TPSA) is 102 Å². The van der Waals surface area contributed by atoms with Gasteiger partial charge in [0, 0.05) is 11.6 Å². The van der Waals surface area contributed by atoms with Crippen molar-refractivity contribution >= 4 is 11.6 Å². The van der Waals surface area contributed by atoms with Gasteiger partial charge in [-0.1, -0.05) is 0 Å². The zero-order chi connectivity index (χ0) is 19.4. The molecule has 1 aromatic carbocycles. The van der Waals surface area contributed by atoms with E-state index in [0.717, 1.165) is 11.3 Å². The highest BCUT2D eigenvalue weighted by molar-refractivity contribution is 6.01. The number of carbonyl (C=O) groups is 1. The molecule has 0 bridgehead atoms. The summed E-state index contributed by atoms with van der Waals surface area (Å²) in [7, 11) is 3.13. The van der Waals surface area contributed by atoms with Crippen LogP contribution in [0.5, 0.6) is 11.5 Å². The molecule has 2 aromatic heterocycles. The maximum absolute atomic E-state index is 12.3. The van der Waals surface area contributed by atoms with E-state index in [-0.39, 0.29) is 5.69 Å². The molecule has 0 aliphatic heterocycles. The van der Waals surface area contributed by atoms with Gasteiger partial charge in [-0.05, 0) is 44.2 Å². The number of ether oxygens (including phenoxy) is 2. The summed E-state index contributed by atoms with van der Waals surface area (Å²) in [5.41, 5.74) is 4.73. The molecule has 3 rings (SSSR count). The molecule has 8 heteroatoms. The fourth-order valence-corrected chi connectivity index (χ4v) is 2.46. The first-order valence-corrected chi connectivity index (χ1v) is 8.21. The Labute approximate surface area is 156 Å². The molecule has 2 N–H and O–H groups in total. The summed E-state index contributed by atoms with van der Waals surface area (Å²) in [5.74, 6) is 2.17. The molecule has 1 amide bonds. The molecule has 0 saturated heterocycles. The highest BCUT2D eigenvalue weighted by Crippen LogP contribution is 2.27. The quantitative estimate of drug-likeness (QED) is 0.514. The Kier molecular flexibility index (Phi) is 5.25. The predicted molar refractivity (Wildman–Crippen MR) is 100 cm³/mol. The van der Waals surface area contributed by atoms with Gasteiger partial charge in [0.1, 0.15) is 11.5 Å². The molecule has 0 aliphatic carbocycles. The number of nitrogens with zero attached hydrogens (tertiary/aromatic N) is 2. The van der Waals surface area contributed by atoms with Gasteiger partial charge in [-0.3, -0.25) is 9.89 Å². The van der Waals surface area contributed by atoms with Crippen molar-refractivity contribution in [1.29, 1.82) is 0 Å². The normalized spacial score (nSPS) is 11.3. The Balaban J connectivity index is 1.72. The number of aromatic nitrogens is 2. The first-order valence-electron chi connectivity index (χ1n) is 8.21. The Morgan fingerprint density at radius 1 is 1.15 bits per heavy atom. The number of aryl methyl sites for hydroxylation is 1. The summed E-state index contributed by atoms with van der Waals surface area (Å²) in [4.78, 5) is 12.3. The van der Waals surface area contributed by atoms with E-state index in [0.29, 0.717) is 28.7 Å². The Morgan fingerprint density at radius 2 is 1.93 bits per heavy atom. The van der Waals surface area contributed by atoms with E-state index in [2.05, 4.69) is 20.7 Å². The van der Waals surface area contributed by atoms with Gasteiger partial charge in [0.2, 0.25) is 0 Å². The SMILES string of the molecule is COc1ccc(/C(C)=N\NC(=O)c2cc(-c3ccc(C)o3)[nH]n2)cc1OC. The number of methoxy groups -OCH3 is 2. The van der Waals surface area contributed by atoms with E-state index >= 15 is 0 Å². The molecule has 0 saturated carbocycles. The van der Waals surface area contributed by atoms with Crippen molar-refractivity contribution in [3.8, 4) is 23.0 Å². The molecule has 0 fully saturated rings. The third-order valence-corrected chi connectivity index (χ3v) is 3.94. The summed E-state index contributed by atoms with van der Waals surface area (Å²) in [6.07, 6.45) is 0. The van der Waals surface area contributed by atoms with Crippen LogP contribution in [0, 0.1) is 6.92 Å². The number of hydrazone groups is 1. The minimum atomic E-state index is -0.430. The second-order valence-electron chi connectivity index (χ2n) is 5.79. The van der Waals surface area contributed by atoms with Crippen LogP contribution in [0.1, 0.15) is 28.7 Å². The van der Waals surface area contributed by atoms with Crippen molar-refractivity contribution in [3.63, 3.8) is 0 Å². The van der Waals surface area contributed by atoms with Crippen LogP contribution < -0.4 is 14.9 Å². The number of furan rings is 1. The van der Waals surface area contributed by atoms with E-state index in [4.69, 9.17) is 13.9 Å². The number of benzene rings is 1. The molecular formula is C19H20N4O4. The minimum absolute atomic E-state index is 0.211. The van der Waals surface area contributed by atoms with E-state index in [9.17, 15) is 4.79 Å². The van der Waals surface area contributed by atoms with Gasteiger partial charge in [-0.2, -0.15) is 10.2 Å². The largest absolute Gasteiger partial charge is 0.493 e. The molecule has 140 valence electrons. The summed E-state index contributed by atoms with van der Waals surface area (Å²) in [6.45, 7) is 3.63. The number of rotatable bonds is 6. The number of H-pyrrole nitrogens is 1. The Hall–Kier alpha value is -3.55. The van der Waals surface area contributed by atoms with Crippen molar-refractivity contribution in [2.75, 3.05) is 14.2 Å². The summed E-state index contributed by atoms with van der Waals surface area (Å²) in [5, 5.41) is 10.9. The zero-order valence-corrected chi connectivity index (χ0v) is 15.5. The van der Waals surface area contributed by atoms with E-state index < -0.39 is 5.91 Å². The van der Waals surface area contributed by atoms with Crippen LogP contribution in [0.15, 0.2) is 45.9 Å². The molecule has 8 nitrogen and oxygen atoms in total. The van der Waals surface area contributed by atoms with Crippen molar-refractivity contribution in [2.45, 2.75) is 13.8 Å². The maximum Gasteiger partial charge on any atom is 0.291 e. The summed E-state index contributed by atoms with van der Waals surface area (Å²) < 4.78 is 16.0. The lowest BCUT2D eigenvalue weighted by Gasteiger charge is -2.09. The number of nitrogens with one attached hydrogen (secondary N) is 2. The molecule has 0 radical (unpaired) electrons. The van der Waals surface area contributed by atoms with Gasteiger partial charge in [0.05, 0.1) is 19.9 Å². The van der Waals surface area contributed by atoms with Crippen LogP contribution in [0.25, 0.3) is 11.5 Å². The van der Waals surface area contributed by atoms with Gasteiger partial charge in [-0.15, -0.1) is 0 Å². The van der Waals surface area contributed by atoms with Gasteiger partial charge >= 0.3 is 0 Å². The fraction of sp³-hybridized carbons (Fsp3) is 0.211. The average Bonchev–Trinajstić information content (AvgIpc) is 3.34. The average molecular weight is 368 g/mol. The molecule has 3 aromatic rings. The third-order valence-electron chi connectivity index (χ3n) is 3.94. The lowest BCUT2D eigenvalue weighted by atomic mass is 10.1. The lowest BCUT2D eigenvalue weighted by molar-refractivity contribution is 0.0950. The van der Waals surface area contributed by atoms with Crippen LogP contribution in [0.3, 0.4) is 0 Å². The second-order valence-corrected chi connectivity index (χ2v) is 5.79. The first-order chi connectivity index (χ1) is 13.0. The first kappa shape index (κ1) is 18.2. The van der Waals surface area contributed by atoms with Crippen LogP contribution in [0.4, 0.5) is 0 Å². The Bertz CT molecular complexity index is 987. The maximum atomic E-state index is 12.3. The van der Waals surface area contributed by atoms with Gasteiger partial charge in [-0.25, -0.2) is 5.43 Å². The summed E-state index contributed by atoms with van der Waals surface area (Å²) >= 11 is 0. The van der Waals surface area contributed by atoms with E-state index in [1.165, 1.54) is 0 Å². The van der Waals surface area contributed by atoms with Crippen LogP contribution in [-0.2, 0) is 0 Å². The molecular weight excluding hydrogens is 348 g/mol. The molecule has 0 unspecified atom stereocenters. The van der Waals surface area contributed by atoms with Crippen LogP contribution in [-0.4, -0.2) is 36.0 Å². The highest BCUT2D eigenvalue weighted by atomic mass is 16.5. The number of amides is 1. The standard InChI is InChI=1S/C19H20N4O4/c1-11-5-7-16(27-11)14-10-15(22-21-14)19(24)23-20-12(2)13-6-8-17(25-3)18(9-13)26-4/h5-10H,1-4H3,(H,21,22)(H,23,24)/b20-12-. The van der Waals surface area contributed by atoms with Crippen molar-refractivity contribution in [2.24, 2.45) is 5.10 Å². The van der Waals surface area contributed by atoms with Gasteiger partial charge in [0.15, 0.2) is 23.0 Å². The van der Waals surface area contributed by atoms with Crippen LogP contribution in [0.2, 0.25) is 0 Å². The highest BCUT2D eigenvalue weighted by Gasteiger charge is 2.13. The number of hydrogen-bond acceptors (Lipinski definition) is 6. The van der Waals surface area contributed by atoms with Gasteiger partial charge in [0.25, 0.3) is 5.91 Å². The van der Waals surface area contributed by atoms with Gasteiger partial charge < -0.3 is 13.9 Å². The smallest absolute Gasteiger partial charge is 0.291 e.